The summed E-state index contributed by atoms with van der Waals surface area (Å²) in [6, 6.07) is 4.44. The molecule has 1 aromatic heterocycles. The lowest BCUT2D eigenvalue weighted by molar-refractivity contribution is 0.0697. The molecule has 6 heteroatoms. The Balaban J connectivity index is 2.60. The van der Waals surface area contributed by atoms with E-state index in [4.69, 9.17) is 16.7 Å². The first kappa shape index (κ1) is 10.6. The Morgan fingerprint density at radius 3 is 2.81 bits per heavy atom. The van der Waals surface area contributed by atoms with Gasteiger partial charge in [0.2, 0.25) is 0 Å². The van der Waals surface area contributed by atoms with Crippen molar-refractivity contribution in [3.05, 3.63) is 40.9 Å². The Hall–Kier alpha value is -1.88. The van der Waals surface area contributed by atoms with E-state index in [0.717, 1.165) is 0 Å². The maximum Gasteiger partial charge on any atom is 0.335 e. The first-order valence-corrected chi connectivity index (χ1v) is 4.87. The van der Waals surface area contributed by atoms with Gasteiger partial charge in [0.15, 0.2) is 0 Å². The van der Waals surface area contributed by atoms with Crippen LogP contribution in [-0.2, 0) is 0 Å². The molecule has 0 atom stereocenters. The van der Waals surface area contributed by atoms with Gasteiger partial charge in [-0.25, -0.2) is 14.5 Å². The molecule has 0 bridgehead atoms. The van der Waals surface area contributed by atoms with Crippen molar-refractivity contribution < 1.29 is 9.90 Å². The fourth-order valence-electron chi connectivity index (χ4n) is 1.34. The highest BCUT2D eigenvalue weighted by Gasteiger charge is 2.10. The molecule has 0 amide bonds. The van der Waals surface area contributed by atoms with Crippen LogP contribution in [0, 0.1) is 6.92 Å². The van der Waals surface area contributed by atoms with E-state index in [1.807, 2.05) is 0 Å². The number of benzene rings is 1. The lowest BCUT2D eigenvalue weighted by atomic mass is 10.2. The largest absolute Gasteiger partial charge is 0.478 e. The maximum atomic E-state index is 10.8. The van der Waals surface area contributed by atoms with E-state index in [1.165, 1.54) is 29.2 Å². The van der Waals surface area contributed by atoms with E-state index in [-0.39, 0.29) is 5.56 Å². The molecule has 82 valence electrons. The molecule has 0 fully saturated rings. The van der Waals surface area contributed by atoms with Crippen LogP contribution in [0.3, 0.4) is 0 Å². The highest BCUT2D eigenvalue weighted by molar-refractivity contribution is 6.32. The van der Waals surface area contributed by atoms with Crippen molar-refractivity contribution in [2.75, 3.05) is 0 Å². The number of hydrogen-bond donors (Lipinski definition) is 1. The van der Waals surface area contributed by atoms with Crippen LogP contribution in [0.2, 0.25) is 5.02 Å². The molecule has 0 saturated heterocycles. The third kappa shape index (κ3) is 1.77. The normalized spacial score (nSPS) is 10.4. The molecule has 0 aliphatic carbocycles. The van der Waals surface area contributed by atoms with E-state index in [0.29, 0.717) is 16.5 Å². The van der Waals surface area contributed by atoms with Gasteiger partial charge in [0, 0.05) is 0 Å². The third-order valence-electron chi connectivity index (χ3n) is 2.14. The van der Waals surface area contributed by atoms with Gasteiger partial charge in [-0.2, -0.15) is 5.10 Å². The summed E-state index contributed by atoms with van der Waals surface area (Å²) in [5, 5.41) is 13.3. The molecule has 0 radical (unpaired) electrons. The van der Waals surface area contributed by atoms with Crippen LogP contribution in [0.15, 0.2) is 24.5 Å². The summed E-state index contributed by atoms with van der Waals surface area (Å²) in [6.45, 7) is 1.76. The molecule has 0 unspecified atom stereocenters. The minimum Gasteiger partial charge on any atom is -0.478 e. The average molecular weight is 238 g/mol. The summed E-state index contributed by atoms with van der Waals surface area (Å²) in [4.78, 5) is 14.8. The number of hydrogen-bond acceptors (Lipinski definition) is 3. The second-order valence-electron chi connectivity index (χ2n) is 3.19. The van der Waals surface area contributed by atoms with E-state index < -0.39 is 5.97 Å². The number of nitrogens with zero attached hydrogens (tertiary/aromatic N) is 3. The fourth-order valence-corrected chi connectivity index (χ4v) is 1.54. The number of halogens is 1. The summed E-state index contributed by atoms with van der Waals surface area (Å²) in [5.74, 6) is -0.361. The second kappa shape index (κ2) is 3.94. The molecule has 16 heavy (non-hydrogen) atoms. The number of carbonyl (C=O) groups is 1. The van der Waals surface area contributed by atoms with E-state index >= 15 is 0 Å². The molecule has 2 aromatic rings. The number of carboxylic acids is 1. The fraction of sp³-hybridized carbons (Fsp3) is 0.100. The third-order valence-corrected chi connectivity index (χ3v) is 2.46. The lowest BCUT2D eigenvalue weighted by Gasteiger charge is -2.06. The van der Waals surface area contributed by atoms with Gasteiger partial charge in [-0.15, -0.1) is 0 Å². The Morgan fingerprint density at radius 2 is 2.25 bits per heavy atom. The standard InChI is InChI=1S/C10H8ClN3O2/c1-6-12-5-13-14(6)9-4-7(10(15)16)2-3-8(9)11/h2-5H,1H3,(H,15,16). The Bertz CT molecular complexity index is 551. The van der Waals surface area contributed by atoms with Gasteiger partial charge in [0.05, 0.1) is 16.3 Å². The minimum absolute atomic E-state index is 0.161. The zero-order valence-corrected chi connectivity index (χ0v) is 9.14. The number of aryl methyl sites for hydroxylation is 1. The first-order chi connectivity index (χ1) is 7.59. The van der Waals surface area contributed by atoms with Gasteiger partial charge in [-0.1, -0.05) is 11.6 Å². The SMILES string of the molecule is Cc1ncnn1-c1cc(C(=O)O)ccc1Cl. The highest BCUT2D eigenvalue weighted by atomic mass is 35.5. The van der Waals surface area contributed by atoms with Crippen LogP contribution in [0.4, 0.5) is 0 Å². The van der Waals surface area contributed by atoms with Crippen LogP contribution in [0.25, 0.3) is 5.69 Å². The molecule has 1 N–H and O–H groups in total. The molecule has 0 spiro atoms. The van der Waals surface area contributed by atoms with Crippen LogP contribution in [-0.4, -0.2) is 25.8 Å². The van der Waals surface area contributed by atoms with E-state index in [1.54, 1.807) is 6.92 Å². The maximum absolute atomic E-state index is 10.8. The van der Waals surface area contributed by atoms with Gasteiger partial charge < -0.3 is 5.11 Å². The Morgan fingerprint density at radius 1 is 1.50 bits per heavy atom. The van der Waals surface area contributed by atoms with Crippen LogP contribution < -0.4 is 0 Å². The summed E-state index contributed by atoms with van der Waals surface area (Å²) in [7, 11) is 0. The van der Waals surface area contributed by atoms with Crippen molar-refractivity contribution >= 4 is 17.6 Å². The van der Waals surface area contributed by atoms with Gasteiger partial charge in [-0.3, -0.25) is 0 Å². The summed E-state index contributed by atoms with van der Waals surface area (Å²) >= 11 is 5.98. The predicted octanol–water partition coefficient (Wildman–Crippen LogP) is 1.93. The number of aromatic carboxylic acids is 1. The second-order valence-corrected chi connectivity index (χ2v) is 3.60. The van der Waals surface area contributed by atoms with Crippen LogP contribution in [0.1, 0.15) is 16.2 Å². The monoisotopic (exact) mass is 237 g/mol. The Kier molecular flexibility index (Phi) is 2.62. The van der Waals surface area contributed by atoms with E-state index in [2.05, 4.69) is 10.1 Å². The molecule has 0 aliphatic rings. The predicted molar refractivity (Wildman–Crippen MR) is 58.1 cm³/mol. The van der Waals surface area contributed by atoms with Gasteiger partial charge in [0.1, 0.15) is 12.2 Å². The number of rotatable bonds is 2. The van der Waals surface area contributed by atoms with Crippen LogP contribution in [0.5, 0.6) is 0 Å². The number of aromatic nitrogens is 3. The molecular weight excluding hydrogens is 230 g/mol. The smallest absolute Gasteiger partial charge is 0.335 e. The van der Waals surface area contributed by atoms with Crippen molar-refractivity contribution in [1.82, 2.24) is 14.8 Å². The Labute approximate surface area is 96.3 Å². The highest BCUT2D eigenvalue weighted by Crippen LogP contribution is 2.21. The minimum atomic E-state index is -1.00. The summed E-state index contributed by atoms with van der Waals surface area (Å²) in [5.41, 5.74) is 0.672. The molecule has 0 saturated carbocycles. The van der Waals surface area contributed by atoms with Crippen LogP contribution >= 0.6 is 11.6 Å². The van der Waals surface area contributed by atoms with Gasteiger partial charge in [-0.05, 0) is 25.1 Å². The molecule has 5 nitrogen and oxygen atoms in total. The van der Waals surface area contributed by atoms with Gasteiger partial charge in [0.25, 0.3) is 0 Å². The molecular formula is C10H8ClN3O2. The first-order valence-electron chi connectivity index (χ1n) is 4.49. The summed E-state index contributed by atoms with van der Waals surface area (Å²) < 4.78 is 1.49. The topological polar surface area (TPSA) is 68.0 Å². The molecule has 2 rings (SSSR count). The zero-order valence-electron chi connectivity index (χ0n) is 8.38. The average Bonchev–Trinajstić information content (AvgIpc) is 2.65. The molecule has 1 heterocycles. The van der Waals surface area contributed by atoms with E-state index in [9.17, 15) is 4.79 Å². The van der Waals surface area contributed by atoms with Crippen molar-refractivity contribution in [3.8, 4) is 5.69 Å². The van der Waals surface area contributed by atoms with Gasteiger partial charge >= 0.3 is 5.97 Å². The van der Waals surface area contributed by atoms with Crippen molar-refractivity contribution in [1.29, 1.82) is 0 Å². The summed E-state index contributed by atoms with van der Waals surface area (Å²) in [6.07, 6.45) is 1.39. The zero-order chi connectivity index (χ0) is 11.7. The van der Waals surface area contributed by atoms with Crippen molar-refractivity contribution in [2.45, 2.75) is 6.92 Å². The quantitative estimate of drug-likeness (QED) is 0.867. The van der Waals surface area contributed by atoms with Crippen molar-refractivity contribution in [3.63, 3.8) is 0 Å². The van der Waals surface area contributed by atoms with Crippen molar-refractivity contribution in [2.24, 2.45) is 0 Å². The molecule has 1 aromatic carbocycles. The lowest BCUT2D eigenvalue weighted by Crippen LogP contribution is -2.03. The number of carboxylic acid groups (broad SMARTS) is 1. The molecule has 0 aliphatic heterocycles.